The van der Waals surface area contributed by atoms with Crippen molar-refractivity contribution in [1.29, 1.82) is 0 Å². The number of hydrogen-bond acceptors (Lipinski definition) is 4. The smallest absolute Gasteiger partial charge is 0.263 e. The summed E-state index contributed by atoms with van der Waals surface area (Å²) in [5.41, 5.74) is 2.54. The number of rotatable bonds is 6. The van der Waals surface area contributed by atoms with Crippen LogP contribution in [0.4, 0.5) is 0 Å². The minimum atomic E-state index is -0.586. The van der Waals surface area contributed by atoms with Crippen molar-refractivity contribution in [3.8, 4) is 11.5 Å². The monoisotopic (exact) mass is 328 g/mol. The molecule has 2 atom stereocenters. The van der Waals surface area contributed by atoms with E-state index in [0.29, 0.717) is 13.2 Å². The van der Waals surface area contributed by atoms with Gasteiger partial charge in [0.1, 0.15) is 11.5 Å². The lowest BCUT2D eigenvalue weighted by atomic mass is 10.2. The van der Waals surface area contributed by atoms with Gasteiger partial charge >= 0.3 is 0 Å². The highest BCUT2D eigenvalue weighted by molar-refractivity contribution is 5.28. The zero-order chi connectivity index (χ0) is 16.8. The summed E-state index contributed by atoms with van der Waals surface area (Å²) in [5.74, 6) is 1.50. The van der Waals surface area contributed by atoms with E-state index >= 15 is 0 Å². The molecule has 24 heavy (non-hydrogen) atoms. The Morgan fingerprint density at radius 2 is 1.08 bits per heavy atom. The van der Waals surface area contributed by atoms with E-state index in [1.165, 1.54) is 11.1 Å². The highest BCUT2D eigenvalue weighted by Gasteiger charge is 2.30. The molecule has 2 aromatic rings. The minimum Gasteiger partial charge on any atom is -0.458 e. The van der Waals surface area contributed by atoms with Crippen molar-refractivity contribution in [1.82, 2.24) is 0 Å². The lowest BCUT2D eigenvalue weighted by Crippen LogP contribution is -2.45. The maximum atomic E-state index is 5.91. The molecule has 0 unspecified atom stereocenters. The van der Waals surface area contributed by atoms with E-state index in [1.54, 1.807) is 0 Å². The van der Waals surface area contributed by atoms with Crippen LogP contribution >= 0.6 is 0 Å². The number of aryl methyl sites for hydroxylation is 2. The Labute approximate surface area is 143 Å². The largest absolute Gasteiger partial charge is 0.458 e. The van der Waals surface area contributed by atoms with Crippen molar-refractivity contribution in [2.45, 2.75) is 39.3 Å². The molecule has 0 bridgehead atoms. The highest BCUT2D eigenvalue weighted by Crippen LogP contribution is 2.22. The van der Waals surface area contributed by atoms with Gasteiger partial charge in [-0.2, -0.15) is 0 Å². The molecule has 1 fully saturated rings. The summed E-state index contributed by atoms with van der Waals surface area (Å²) in [7, 11) is 0. The van der Waals surface area contributed by atoms with E-state index in [0.717, 1.165) is 24.3 Å². The van der Waals surface area contributed by atoms with E-state index in [9.17, 15) is 0 Å². The molecule has 1 saturated heterocycles. The molecule has 3 rings (SSSR count). The summed E-state index contributed by atoms with van der Waals surface area (Å²) in [6.07, 6.45) is 0.834. The summed E-state index contributed by atoms with van der Waals surface area (Å²) < 4.78 is 23.2. The van der Waals surface area contributed by atoms with Gasteiger partial charge in [0.2, 0.25) is 0 Å². The zero-order valence-corrected chi connectivity index (χ0v) is 14.2. The van der Waals surface area contributed by atoms with Crippen molar-refractivity contribution in [3.05, 3.63) is 59.7 Å². The zero-order valence-electron chi connectivity index (χ0n) is 14.2. The van der Waals surface area contributed by atoms with E-state index in [2.05, 4.69) is 38.1 Å². The van der Waals surface area contributed by atoms with Crippen molar-refractivity contribution in [2.24, 2.45) is 0 Å². The number of ether oxygens (including phenoxy) is 4. The number of benzene rings is 2. The summed E-state index contributed by atoms with van der Waals surface area (Å²) >= 11 is 0. The molecule has 0 amide bonds. The Balaban J connectivity index is 1.65. The molecular formula is C20H24O4. The highest BCUT2D eigenvalue weighted by atomic mass is 16.8. The van der Waals surface area contributed by atoms with Crippen LogP contribution in [-0.2, 0) is 22.3 Å². The molecule has 0 aromatic heterocycles. The van der Waals surface area contributed by atoms with Gasteiger partial charge in [-0.1, -0.05) is 38.1 Å². The van der Waals surface area contributed by atoms with Crippen LogP contribution in [0.5, 0.6) is 11.5 Å². The molecule has 0 aliphatic carbocycles. The van der Waals surface area contributed by atoms with Crippen molar-refractivity contribution < 1.29 is 18.9 Å². The second-order valence-electron chi connectivity index (χ2n) is 5.71. The average molecular weight is 328 g/mol. The molecule has 1 aliphatic heterocycles. The summed E-state index contributed by atoms with van der Waals surface area (Å²) in [4.78, 5) is 0. The van der Waals surface area contributed by atoms with Gasteiger partial charge < -0.3 is 18.9 Å². The maximum Gasteiger partial charge on any atom is 0.263 e. The first kappa shape index (κ1) is 16.8. The van der Waals surface area contributed by atoms with Gasteiger partial charge in [-0.05, 0) is 48.2 Å². The van der Waals surface area contributed by atoms with Crippen LogP contribution in [0.1, 0.15) is 25.0 Å². The molecule has 0 N–H and O–H groups in total. The molecule has 0 saturated carbocycles. The van der Waals surface area contributed by atoms with Gasteiger partial charge in [-0.3, -0.25) is 0 Å². The Bertz CT molecular complexity index is 564. The van der Waals surface area contributed by atoms with Crippen molar-refractivity contribution in [2.75, 3.05) is 13.2 Å². The van der Waals surface area contributed by atoms with Crippen LogP contribution < -0.4 is 9.47 Å². The molecule has 4 heteroatoms. The number of hydrogen-bond donors (Lipinski definition) is 0. The van der Waals surface area contributed by atoms with Crippen LogP contribution in [0, 0.1) is 0 Å². The molecule has 0 spiro atoms. The van der Waals surface area contributed by atoms with Gasteiger partial charge in [0.15, 0.2) is 0 Å². The molecule has 2 aromatic carbocycles. The summed E-state index contributed by atoms with van der Waals surface area (Å²) in [6, 6.07) is 16.0. The molecule has 4 nitrogen and oxygen atoms in total. The second kappa shape index (κ2) is 8.18. The molecular weight excluding hydrogens is 304 g/mol. The lowest BCUT2D eigenvalue weighted by Gasteiger charge is -2.31. The predicted octanol–water partition coefficient (Wildman–Crippen LogP) is 3.97. The Kier molecular flexibility index (Phi) is 5.72. The first-order chi connectivity index (χ1) is 11.8. The fourth-order valence-corrected chi connectivity index (χ4v) is 2.54. The van der Waals surface area contributed by atoms with E-state index in [4.69, 9.17) is 18.9 Å². The summed E-state index contributed by atoms with van der Waals surface area (Å²) in [5, 5.41) is 0. The van der Waals surface area contributed by atoms with Crippen LogP contribution in [0.25, 0.3) is 0 Å². The Hall–Kier alpha value is -2.04. The summed E-state index contributed by atoms with van der Waals surface area (Å²) in [6.45, 7) is 5.24. The van der Waals surface area contributed by atoms with Crippen LogP contribution in [0.2, 0.25) is 0 Å². The maximum absolute atomic E-state index is 5.91. The van der Waals surface area contributed by atoms with E-state index in [-0.39, 0.29) is 0 Å². The van der Waals surface area contributed by atoms with Crippen molar-refractivity contribution >= 4 is 0 Å². The van der Waals surface area contributed by atoms with E-state index in [1.807, 2.05) is 24.3 Å². The van der Waals surface area contributed by atoms with Gasteiger partial charge in [0.05, 0.1) is 13.2 Å². The van der Waals surface area contributed by atoms with Crippen molar-refractivity contribution in [3.63, 3.8) is 0 Å². The molecule has 128 valence electrons. The quantitative estimate of drug-likeness (QED) is 0.804. The first-order valence-electron chi connectivity index (χ1n) is 8.53. The predicted molar refractivity (Wildman–Crippen MR) is 92.4 cm³/mol. The first-order valence-corrected chi connectivity index (χ1v) is 8.53. The second-order valence-corrected chi connectivity index (χ2v) is 5.71. The van der Waals surface area contributed by atoms with Crippen LogP contribution in [-0.4, -0.2) is 25.8 Å². The van der Waals surface area contributed by atoms with Crippen LogP contribution in [0.15, 0.2) is 48.5 Å². The fraction of sp³-hybridized carbons (Fsp3) is 0.400. The normalized spacial score (nSPS) is 20.6. The van der Waals surface area contributed by atoms with Gasteiger partial charge in [-0.15, -0.1) is 0 Å². The lowest BCUT2D eigenvalue weighted by molar-refractivity contribution is -0.271. The Morgan fingerprint density at radius 1 is 0.708 bits per heavy atom. The SMILES string of the molecule is CCc1ccc(O[C@H]2OCCO[C@H]2Oc2ccc(CC)cc2)cc1. The minimum absolute atomic E-state index is 0.492. The molecule has 0 radical (unpaired) electrons. The third-order valence-electron chi connectivity index (χ3n) is 4.04. The van der Waals surface area contributed by atoms with Crippen LogP contribution in [0.3, 0.4) is 0 Å². The molecule has 1 aliphatic rings. The van der Waals surface area contributed by atoms with Gasteiger partial charge in [-0.25, -0.2) is 0 Å². The standard InChI is InChI=1S/C20H24O4/c1-3-15-5-9-17(10-6-15)23-19-20(22-14-13-21-19)24-18-11-7-16(4-2)8-12-18/h5-12,19-20H,3-4,13-14H2,1-2H3/t19-,20+. The van der Waals surface area contributed by atoms with Gasteiger partial charge in [0.25, 0.3) is 12.6 Å². The van der Waals surface area contributed by atoms with E-state index < -0.39 is 12.6 Å². The van der Waals surface area contributed by atoms with Gasteiger partial charge in [0, 0.05) is 0 Å². The Morgan fingerprint density at radius 3 is 1.42 bits per heavy atom. The topological polar surface area (TPSA) is 36.9 Å². The molecule has 1 heterocycles. The average Bonchev–Trinajstić information content (AvgIpc) is 2.64. The fourth-order valence-electron chi connectivity index (χ4n) is 2.54. The third kappa shape index (κ3) is 4.28. The third-order valence-corrected chi connectivity index (χ3v) is 4.04.